The highest BCUT2D eigenvalue weighted by Gasteiger charge is 2.14. The van der Waals surface area contributed by atoms with Crippen molar-refractivity contribution in [2.24, 2.45) is 5.84 Å². The first-order valence-corrected chi connectivity index (χ1v) is 6.50. The van der Waals surface area contributed by atoms with Gasteiger partial charge >= 0.3 is 0 Å². The summed E-state index contributed by atoms with van der Waals surface area (Å²) >= 11 is 1.64. The van der Waals surface area contributed by atoms with Crippen molar-refractivity contribution in [2.45, 2.75) is 32.9 Å². The monoisotopic (exact) mass is 251 g/mol. The minimum Gasteiger partial charge on any atom is -0.273 e. The van der Waals surface area contributed by atoms with Crippen LogP contribution in [0, 0.1) is 6.92 Å². The van der Waals surface area contributed by atoms with Gasteiger partial charge in [-0.15, -0.1) is 11.3 Å². The van der Waals surface area contributed by atoms with Gasteiger partial charge in [-0.3, -0.25) is 16.0 Å². The molecule has 0 aliphatic rings. The van der Waals surface area contributed by atoms with E-state index in [1.165, 1.54) is 5.56 Å². The summed E-state index contributed by atoms with van der Waals surface area (Å²) in [5, 5.41) is 7.36. The van der Waals surface area contributed by atoms with Crippen LogP contribution in [0.5, 0.6) is 0 Å². The molecule has 6 heteroatoms. The van der Waals surface area contributed by atoms with E-state index in [1.54, 1.807) is 11.3 Å². The number of hydrogen-bond acceptors (Lipinski definition) is 5. The van der Waals surface area contributed by atoms with Crippen LogP contribution in [0.4, 0.5) is 0 Å². The molecule has 0 aromatic carbocycles. The lowest BCUT2D eigenvalue weighted by molar-refractivity contribution is 0.540. The van der Waals surface area contributed by atoms with Gasteiger partial charge < -0.3 is 0 Å². The van der Waals surface area contributed by atoms with E-state index < -0.39 is 0 Å². The SMILES string of the molecule is CCn1cc(CC(NN)c2csc(C)n2)cn1. The van der Waals surface area contributed by atoms with Crippen LogP contribution in [0.15, 0.2) is 17.8 Å². The van der Waals surface area contributed by atoms with Gasteiger partial charge in [0, 0.05) is 18.1 Å². The van der Waals surface area contributed by atoms with Crippen molar-refractivity contribution in [1.82, 2.24) is 20.2 Å². The number of nitrogens with one attached hydrogen (secondary N) is 1. The Hall–Kier alpha value is -1.24. The number of nitrogens with two attached hydrogens (primary N) is 1. The molecule has 0 amide bonds. The van der Waals surface area contributed by atoms with Crippen LogP contribution in [0.2, 0.25) is 0 Å². The molecule has 92 valence electrons. The van der Waals surface area contributed by atoms with Gasteiger partial charge in [-0.1, -0.05) is 0 Å². The van der Waals surface area contributed by atoms with Crippen molar-refractivity contribution >= 4 is 11.3 Å². The van der Waals surface area contributed by atoms with Gasteiger partial charge in [0.25, 0.3) is 0 Å². The summed E-state index contributed by atoms with van der Waals surface area (Å²) in [6.45, 7) is 4.95. The zero-order chi connectivity index (χ0) is 12.3. The van der Waals surface area contributed by atoms with Gasteiger partial charge in [0.1, 0.15) is 0 Å². The van der Waals surface area contributed by atoms with Crippen LogP contribution in [0.1, 0.15) is 29.2 Å². The lowest BCUT2D eigenvalue weighted by Crippen LogP contribution is -2.29. The molecule has 0 spiro atoms. The van der Waals surface area contributed by atoms with E-state index >= 15 is 0 Å². The first-order valence-electron chi connectivity index (χ1n) is 5.62. The van der Waals surface area contributed by atoms with E-state index in [0.717, 1.165) is 23.7 Å². The maximum absolute atomic E-state index is 5.59. The molecule has 2 heterocycles. The van der Waals surface area contributed by atoms with Crippen molar-refractivity contribution in [2.75, 3.05) is 0 Å². The molecule has 1 unspecified atom stereocenters. The van der Waals surface area contributed by atoms with Crippen molar-refractivity contribution in [3.63, 3.8) is 0 Å². The molecule has 0 radical (unpaired) electrons. The molecule has 3 N–H and O–H groups in total. The molecule has 2 aromatic heterocycles. The molecule has 0 aliphatic carbocycles. The summed E-state index contributed by atoms with van der Waals surface area (Å²) in [7, 11) is 0. The Labute approximate surface area is 105 Å². The maximum atomic E-state index is 5.59. The Bertz CT molecular complexity index is 476. The second-order valence-corrected chi connectivity index (χ2v) is 4.98. The number of aromatic nitrogens is 3. The first kappa shape index (κ1) is 12.2. The van der Waals surface area contributed by atoms with E-state index in [9.17, 15) is 0 Å². The topological polar surface area (TPSA) is 68.8 Å². The first-order chi connectivity index (χ1) is 8.22. The molecule has 0 aliphatic heterocycles. The van der Waals surface area contributed by atoms with Crippen molar-refractivity contribution in [3.05, 3.63) is 34.0 Å². The number of rotatable bonds is 5. The number of aryl methyl sites for hydroxylation is 2. The smallest absolute Gasteiger partial charge is 0.0898 e. The summed E-state index contributed by atoms with van der Waals surface area (Å²) in [6.07, 6.45) is 4.73. The van der Waals surface area contributed by atoms with Gasteiger partial charge in [0.05, 0.1) is 22.9 Å². The predicted molar refractivity (Wildman–Crippen MR) is 68.5 cm³/mol. The number of hydrogen-bond donors (Lipinski definition) is 2. The number of nitrogens with zero attached hydrogens (tertiary/aromatic N) is 3. The summed E-state index contributed by atoms with van der Waals surface area (Å²) in [5.74, 6) is 5.59. The lowest BCUT2D eigenvalue weighted by Gasteiger charge is -2.11. The minimum absolute atomic E-state index is 0.0504. The maximum Gasteiger partial charge on any atom is 0.0898 e. The normalized spacial score (nSPS) is 12.9. The van der Waals surface area contributed by atoms with Gasteiger partial charge in [-0.2, -0.15) is 5.10 Å². The molecule has 0 bridgehead atoms. The highest BCUT2D eigenvalue weighted by atomic mass is 32.1. The van der Waals surface area contributed by atoms with Crippen molar-refractivity contribution in [3.8, 4) is 0 Å². The molecule has 2 aromatic rings. The molecule has 5 nitrogen and oxygen atoms in total. The molecule has 17 heavy (non-hydrogen) atoms. The van der Waals surface area contributed by atoms with Gasteiger partial charge in [0.15, 0.2) is 0 Å². The fourth-order valence-corrected chi connectivity index (χ4v) is 2.38. The average molecular weight is 251 g/mol. The summed E-state index contributed by atoms with van der Waals surface area (Å²) in [5.41, 5.74) is 4.98. The van der Waals surface area contributed by atoms with E-state index in [4.69, 9.17) is 5.84 Å². The number of hydrazine groups is 1. The predicted octanol–water partition coefficient (Wildman–Crippen LogP) is 1.42. The molecular weight excluding hydrogens is 234 g/mol. The van der Waals surface area contributed by atoms with Crippen LogP contribution >= 0.6 is 11.3 Å². The van der Waals surface area contributed by atoms with Gasteiger partial charge in [-0.25, -0.2) is 4.98 Å². The Balaban J connectivity index is 2.09. The molecule has 0 fully saturated rings. The molecule has 0 saturated heterocycles. The fourth-order valence-electron chi connectivity index (χ4n) is 1.71. The van der Waals surface area contributed by atoms with Gasteiger partial charge in [0.2, 0.25) is 0 Å². The van der Waals surface area contributed by atoms with E-state index in [-0.39, 0.29) is 6.04 Å². The van der Waals surface area contributed by atoms with E-state index in [2.05, 4.69) is 22.4 Å². The summed E-state index contributed by atoms with van der Waals surface area (Å²) in [4.78, 5) is 4.45. The molecule has 1 atom stereocenters. The lowest BCUT2D eigenvalue weighted by atomic mass is 10.1. The van der Waals surface area contributed by atoms with Crippen LogP contribution < -0.4 is 11.3 Å². The summed E-state index contributed by atoms with van der Waals surface area (Å²) < 4.78 is 1.91. The van der Waals surface area contributed by atoms with Crippen LogP contribution in [0.25, 0.3) is 0 Å². The zero-order valence-electron chi connectivity index (χ0n) is 10.1. The number of thiazole rings is 1. The minimum atomic E-state index is 0.0504. The Morgan fingerprint density at radius 3 is 2.94 bits per heavy atom. The van der Waals surface area contributed by atoms with E-state index in [1.807, 2.05) is 29.4 Å². The summed E-state index contributed by atoms with van der Waals surface area (Å²) in [6, 6.07) is 0.0504. The average Bonchev–Trinajstić information content (AvgIpc) is 2.94. The fraction of sp³-hybridized carbons (Fsp3) is 0.455. The Morgan fingerprint density at radius 2 is 2.41 bits per heavy atom. The third kappa shape index (κ3) is 2.91. The van der Waals surface area contributed by atoms with Crippen LogP contribution in [-0.4, -0.2) is 14.8 Å². The van der Waals surface area contributed by atoms with E-state index in [0.29, 0.717) is 0 Å². The third-order valence-corrected chi connectivity index (χ3v) is 3.44. The molecule has 0 saturated carbocycles. The molecule has 2 rings (SSSR count). The molecular formula is C11H17N5S. The third-order valence-electron chi connectivity index (χ3n) is 2.65. The highest BCUT2D eigenvalue weighted by Crippen LogP contribution is 2.19. The van der Waals surface area contributed by atoms with Crippen molar-refractivity contribution < 1.29 is 0 Å². The Kier molecular flexibility index (Phi) is 3.88. The standard InChI is InChI=1S/C11H17N5S/c1-3-16-6-9(5-13-16)4-10(15-12)11-7-17-8(2)14-11/h5-7,10,15H,3-4,12H2,1-2H3. The highest BCUT2D eigenvalue weighted by molar-refractivity contribution is 7.09. The quantitative estimate of drug-likeness (QED) is 0.623. The second-order valence-electron chi connectivity index (χ2n) is 3.92. The second kappa shape index (κ2) is 5.39. The van der Waals surface area contributed by atoms with Gasteiger partial charge in [-0.05, 0) is 25.8 Å². The Morgan fingerprint density at radius 1 is 1.59 bits per heavy atom. The van der Waals surface area contributed by atoms with Crippen molar-refractivity contribution in [1.29, 1.82) is 0 Å². The van der Waals surface area contributed by atoms with Crippen LogP contribution in [-0.2, 0) is 13.0 Å². The van der Waals surface area contributed by atoms with Crippen LogP contribution in [0.3, 0.4) is 0 Å². The largest absolute Gasteiger partial charge is 0.273 e. The zero-order valence-corrected chi connectivity index (χ0v) is 10.9.